The molecule has 2 aromatic rings. The van der Waals surface area contributed by atoms with Gasteiger partial charge in [0.15, 0.2) is 11.6 Å². The first kappa shape index (κ1) is 18.8. The molecule has 0 saturated carbocycles. The maximum Gasteiger partial charge on any atom is 0.322 e. The number of nitriles is 1. The molecule has 8 nitrogen and oxygen atoms in total. The molecule has 4 rings (SSSR count). The number of fused-ring (bicyclic) bond motifs is 2. The van der Waals surface area contributed by atoms with Crippen LogP contribution in [0.4, 0.5) is 19.3 Å². The van der Waals surface area contributed by atoms with E-state index in [1.807, 2.05) is 6.07 Å². The van der Waals surface area contributed by atoms with Crippen molar-refractivity contribution in [2.24, 2.45) is 0 Å². The number of rotatable bonds is 3. The summed E-state index contributed by atoms with van der Waals surface area (Å²) in [5.74, 6) is -2.59. The molecule has 1 atom stereocenters. The molecule has 2 N–H and O–H groups in total. The lowest BCUT2D eigenvalue weighted by atomic mass is 10.0. The molecule has 0 saturated heterocycles. The van der Waals surface area contributed by atoms with E-state index in [2.05, 4.69) is 15.6 Å². The molecule has 0 unspecified atom stereocenters. The average molecular weight is 399 g/mol. The van der Waals surface area contributed by atoms with Gasteiger partial charge < -0.3 is 20.3 Å². The van der Waals surface area contributed by atoms with E-state index in [4.69, 9.17) is 10.00 Å². The van der Waals surface area contributed by atoms with Crippen molar-refractivity contribution in [3.05, 3.63) is 58.4 Å². The summed E-state index contributed by atoms with van der Waals surface area (Å²) >= 11 is 0. The van der Waals surface area contributed by atoms with Crippen LogP contribution in [0.1, 0.15) is 28.4 Å². The van der Waals surface area contributed by atoms with E-state index in [-0.39, 0.29) is 37.6 Å². The number of urea groups is 1. The molecule has 148 valence electrons. The molecule has 0 radical (unpaired) electrons. The molecule has 3 amide bonds. The maximum absolute atomic E-state index is 14.0. The number of nitrogens with one attached hydrogen (secondary N) is 2. The van der Waals surface area contributed by atoms with E-state index >= 15 is 0 Å². The van der Waals surface area contributed by atoms with E-state index in [1.165, 1.54) is 12.3 Å². The molecule has 2 aliphatic rings. The van der Waals surface area contributed by atoms with Crippen molar-refractivity contribution >= 4 is 17.6 Å². The van der Waals surface area contributed by atoms with E-state index in [9.17, 15) is 18.4 Å². The summed E-state index contributed by atoms with van der Waals surface area (Å²) in [7, 11) is 0. The number of carbonyl (C=O) groups is 2. The van der Waals surface area contributed by atoms with E-state index in [0.29, 0.717) is 16.8 Å². The number of hydrogen-bond donors (Lipinski definition) is 2. The van der Waals surface area contributed by atoms with Gasteiger partial charge in [-0.05, 0) is 18.2 Å². The zero-order valence-electron chi connectivity index (χ0n) is 15.0. The van der Waals surface area contributed by atoms with Gasteiger partial charge in [-0.1, -0.05) is 0 Å². The Labute approximate surface area is 164 Å². The Balaban J connectivity index is 1.46. The predicted octanol–water partition coefficient (Wildman–Crippen LogP) is 1.97. The highest BCUT2D eigenvalue weighted by Crippen LogP contribution is 2.28. The van der Waals surface area contributed by atoms with Crippen molar-refractivity contribution in [2.45, 2.75) is 19.2 Å². The Kier molecular flexibility index (Phi) is 4.82. The number of amides is 3. The third-order valence-corrected chi connectivity index (χ3v) is 4.75. The Morgan fingerprint density at radius 2 is 2.28 bits per heavy atom. The second-order valence-electron chi connectivity index (χ2n) is 6.69. The summed E-state index contributed by atoms with van der Waals surface area (Å²) in [6.07, 6.45) is 1.41. The molecule has 2 aliphatic heterocycles. The van der Waals surface area contributed by atoms with Crippen molar-refractivity contribution in [2.75, 3.05) is 18.5 Å². The van der Waals surface area contributed by atoms with Crippen molar-refractivity contribution in [1.82, 2.24) is 15.2 Å². The van der Waals surface area contributed by atoms with Crippen LogP contribution in [0.5, 0.6) is 0 Å². The Morgan fingerprint density at radius 1 is 1.45 bits per heavy atom. The molecule has 0 bridgehead atoms. The quantitative estimate of drug-likeness (QED) is 0.821. The number of ether oxygens (including phenoxy) is 1. The number of benzene rings is 1. The lowest BCUT2D eigenvalue weighted by molar-refractivity contribution is -0.123. The fraction of sp³-hybridized carbons (Fsp3) is 0.263. The third kappa shape index (κ3) is 3.60. The van der Waals surface area contributed by atoms with Crippen LogP contribution in [-0.2, 0) is 22.7 Å². The number of halogens is 2. The molecule has 1 aromatic heterocycles. The summed E-state index contributed by atoms with van der Waals surface area (Å²) in [4.78, 5) is 30.0. The SMILES string of the molecule is N#Cc1cnc2c(c1)COC[C@@H]2NC(=O)CN1Cc2c(ccc(F)c2F)NC1=O. The van der Waals surface area contributed by atoms with E-state index < -0.39 is 29.6 Å². The first-order chi connectivity index (χ1) is 14.0. The molecule has 0 spiro atoms. The van der Waals surface area contributed by atoms with Crippen molar-refractivity contribution in [3.8, 4) is 6.07 Å². The van der Waals surface area contributed by atoms with Gasteiger partial charge in [0.25, 0.3) is 0 Å². The second-order valence-corrected chi connectivity index (χ2v) is 6.69. The van der Waals surface area contributed by atoms with E-state index in [1.54, 1.807) is 6.07 Å². The fourth-order valence-electron chi connectivity index (χ4n) is 3.35. The zero-order valence-corrected chi connectivity index (χ0v) is 15.0. The summed E-state index contributed by atoms with van der Waals surface area (Å²) in [6, 6.07) is 4.72. The van der Waals surface area contributed by atoms with Crippen LogP contribution in [0.25, 0.3) is 0 Å². The van der Waals surface area contributed by atoms with Gasteiger partial charge in [-0.25, -0.2) is 13.6 Å². The van der Waals surface area contributed by atoms with Gasteiger partial charge in [-0.3, -0.25) is 9.78 Å². The molecule has 29 heavy (non-hydrogen) atoms. The third-order valence-electron chi connectivity index (χ3n) is 4.75. The zero-order chi connectivity index (χ0) is 20.5. The fourth-order valence-corrected chi connectivity index (χ4v) is 3.35. The number of aromatic nitrogens is 1. The van der Waals surface area contributed by atoms with Crippen LogP contribution in [0.15, 0.2) is 24.4 Å². The molecule has 1 aromatic carbocycles. The second kappa shape index (κ2) is 7.44. The van der Waals surface area contributed by atoms with Crippen molar-refractivity contribution < 1.29 is 23.1 Å². The highest BCUT2D eigenvalue weighted by molar-refractivity contribution is 5.95. The van der Waals surface area contributed by atoms with Gasteiger partial charge in [0.05, 0.1) is 42.7 Å². The molecule has 0 fully saturated rings. The topological polar surface area (TPSA) is 107 Å². The number of hydrogen-bond acceptors (Lipinski definition) is 5. The first-order valence-corrected chi connectivity index (χ1v) is 8.75. The van der Waals surface area contributed by atoms with Gasteiger partial charge in [-0.2, -0.15) is 5.26 Å². The Morgan fingerprint density at radius 3 is 3.07 bits per heavy atom. The highest BCUT2D eigenvalue weighted by Gasteiger charge is 2.30. The standard InChI is InChI=1S/C19H15F2N5O3/c20-13-1-2-14-12(17(13)21)6-26(19(28)25-14)7-16(27)24-15-9-29-8-11-3-10(4-22)5-23-18(11)15/h1-3,5,15H,6-9H2,(H,24,27)(H,25,28)/t15-/m0/s1. The lowest BCUT2D eigenvalue weighted by Crippen LogP contribution is -2.46. The van der Waals surface area contributed by atoms with Crippen molar-refractivity contribution in [1.29, 1.82) is 5.26 Å². The minimum Gasteiger partial charge on any atom is -0.374 e. The van der Waals surface area contributed by atoms with Crippen LogP contribution < -0.4 is 10.6 Å². The normalized spacial score (nSPS) is 17.6. The van der Waals surface area contributed by atoms with Gasteiger partial charge in [0.2, 0.25) is 5.91 Å². The van der Waals surface area contributed by atoms with Crippen LogP contribution in [0.2, 0.25) is 0 Å². The summed E-state index contributed by atoms with van der Waals surface area (Å²) in [6.45, 7) is -0.129. The first-order valence-electron chi connectivity index (χ1n) is 8.75. The Hall–Kier alpha value is -3.58. The molecule has 0 aliphatic carbocycles. The molecule has 10 heteroatoms. The van der Waals surface area contributed by atoms with Crippen LogP contribution >= 0.6 is 0 Å². The average Bonchev–Trinajstić information content (AvgIpc) is 2.72. The van der Waals surface area contributed by atoms with Crippen molar-refractivity contribution in [3.63, 3.8) is 0 Å². The predicted molar refractivity (Wildman–Crippen MR) is 95.3 cm³/mol. The largest absolute Gasteiger partial charge is 0.374 e. The van der Waals surface area contributed by atoms with Gasteiger partial charge in [0, 0.05) is 17.3 Å². The van der Waals surface area contributed by atoms with Gasteiger partial charge in [0.1, 0.15) is 12.6 Å². The number of nitrogens with zero attached hydrogens (tertiary/aromatic N) is 3. The maximum atomic E-state index is 14.0. The van der Waals surface area contributed by atoms with E-state index in [0.717, 1.165) is 11.0 Å². The molecular formula is C19H15F2N5O3. The smallest absolute Gasteiger partial charge is 0.322 e. The highest BCUT2D eigenvalue weighted by atomic mass is 19.2. The lowest BCUT2D eigenvalue weighted by Gasteiger charge is -2.30. The monoisotopic (exact) mass is 399 g/mol. The Bertz CT molecular complexity index is 1050. The van der Waals surface area contributed by atoms with Crippen LogP contribution in [-0.4, -0.2) is 35.0 Å². The summed E-state index contributed by atoms with van der Waals surface area (Å²) in [5, 5.41) is 14.1. The summed E-state index contributed by atoms with van der Waals surface area (Å²) < 4.78 is 32.9. The number of carbonyl (C=O) groups excluding carboxylic acids is 2. The number of anilines is 1. The summed E-state index contributed by atoms with van der Waals surface area (Å²) in [5.41, 5.74) is 1.83. The molecule has 3 heterocycles. The van der Waals surface area contributed by atoms with Gasteiger partial charge in [-0.15, -0.1) is 0 Å². The minimum absolute atomic E-state index is 0.0190. The van der Waals surface area contributed by atoms with Crippen LogP contribution in [0.3, 0.4) is 0 Å². The number of pyridine rings is 1. The molecular weight excluding hydrogens is 384 g/mol. The van der Waals surface area contributed by atoms with Gasteiger partial charge >= 0.3 is 6.03 Å². The van der Waals surface area contributed by atoms with Crippen LogP contribution in [0, 0.1) is 23.0 Å². The minimum atomic E-state index is -1.06.